The van der Waals surface area contributed by atoms with Crippen molar-refractivity contribution >= 4 is 23.2 Å². The third-order valence-corrected chi connectivity index (χ3v) is 5.84. The third-order valence-electron chi connectivity index (χ3n) is 5.13. The van der Waals surface area contributed by atoms with E-state index in [-0.39, 0.29) is 5.54 Å². The van der Waals surface area contributed by atoms with Crippen molar-refractivity contribution in [3.05, 3.63) is 33.8 Å². The van der Waals surface area contributed by atoms with Gasteiger partial charge in [-0.15, -0.1) is 0 Å². The van der Waals surface area contributed by atoms with Crippen LogP contribution in [-0.4, -0.2) is 29.6 Å². The number of hydrogen-bond acceptors (Lipinski definition) is 2. The first-order valence-corrected chi connectivity index (χ1v) is 8.70. The van der Waals surface area contributed by atoms with Crippen LogP contribution >= 0.6 is 23.2 Å². The van der Waals surface area contributed by atoms with Gasteiger partial charge >= 0.3 is 0 Å². The number of hydrogen-bond donors (Lipinski definition) is 1. The molecule has 116 valence electrons. The number of rotatable bonds is 4. The van der Waals surface area contributed by atoms with E-state index in [4.69, 9.17) is 23.2 Å². The maximum absolute atomic E-state index is 6.37. The van der Waals surface area contributed by atoms with E-state index in [1.165, 1.54) is 12.8 Å². The van der Waals surface area contributed by atoms with Gasteiger partial charge in [-0.25, -0.2) is 0 Å². The van der Waals surface area contributed by atoms with Crippen LogP contribution in [0.5, 0.6) is 0 Å². The van der Waals surface area contributed by atoms with E-state index in [9.17, 15) is 0 Å². The van der Waals surface area contributed by atoms with Gasteiger partial charge in [-0.2, -0.15) is 0 Å². The average molecular weight is 327 g/mol. The predicted molar refractivity (Wildman–Crippen MR) is 90.1 cm³/mol. The molecule has 1 aliphatic heterocycles. The molecule has 2 fully saturated rings. The number of benzene rings is 1. The number of nitrogens with one attached hydrogen (secondary N) is 1. The molecule has 0 radical (unpaired) electrons. The summed E-state index contributed by atoms with van der Waals surface area (Å²) < 4.78 is 0. The Morgan fingerprint density at radius 2 is 1.95 bits per heavy atom. The summed E-state index contributed by atoms with van der Waals surface area (Å²) in [6.07, 6.45) is 3.86. The summed E-state index contributed by atoms with van der Waals surface area (Å²) in [6, 6.07) is 6.42. The lowest BCUT2D eigenvalue weighted by atomic mass is 9.91. The highest BCUT2D eigenvalue weighted by Gasteiger charge is 2.42. The zero-order chi connectivity index (χ0) is 15.0. The minimum atomic E-state index is 0.194. The van der Waals surface area contributed by atoms with Crippen LogP contribution < -0.4 is 5.32 Å². The molecule has 21 heavy (non-hydrogen) atoms. The van der Waals surface area contributed by atoms with Gasteiger partial charge in [0, 0.05) is 46.8 Å². The van der Waals surface area contributed by atoms with E-state index in [0.29, 0.717) is 6.04 Å². The van der Waals surface area contributed by atoms with Crippen molar-refractivity contribution in [1.82, 2.24) is 10.2 Å². The van der Waals surface area contributed by atoms with Gasteiger partial charge in [-0.05, 0) is 44.2 Å². The third kappa shape index (κ3) is 3.39. The molecule has 2 atom stereocenters. The molecule has 1 saturated carbocycles. The first kappa shape index (κ1) is 15.6. The SMILES string of the molecule is CCC1(C)CN(Cc2c(Cl)cccc2Cl)C(C2CC2)CN1. The molecule has 2 nitrogen and oxygen atoms in total. The van der Waals surface area contributed by atoms with Crippen LogP contribution in [0, 0.1) is 5.92 Å². The fourth-order valence-corrected chi connectivity index (χ4v) is 3.86. The first-order chi connectivity index (χ1) is 10.0. The normalized spacial score (nSPS) is 30.6. The number of piperazine rings is 1. The molecule has 2 unspecified atom stereocenters. The van der Waals surface area contributed by atoms with Crippen molar-refractivity contribution in [2.75, 3.05) is 13.1 Å². The van der Waals surface area contributed by atoms with Crippen molar-refractivity contribution in [3.8, 4) is 0 Å². The topological polar surface area (TPSA) is 15.3 Å². The fourth-order valence-electron chi connectivity index (χ4n) is 3.34. The van der Waals surface area contributed by atoms with Gasteiger partial charge in [-0.3, -0.25) is 4.90 Å². The van der Waals surface area contributed by atoms with Crippen molar-refractivity contribution in [1.29, 1.82) is 0 Å². The number of nitrogens with zero attached hydrogens (tertiary/aromatic N) is 1. The molecule has 1 heterocycles. The van der Waals surface area contributed by atoms with E-state index in [1.807, 2.05) is 18.2 Å². The Hall–Kier alpha value is -0.280. The summed E-state index contributed by atoms with van der Waals surface area (Å²) in [5.41, 5.74) is 1.27. The second-order valence-corrected chi connectivity index (χ2v) is 7.62. The highest BCUT2D eigenvalue weighted by molar-refractivity contribution is 6.35. The van der Waals surface area contributed by atoms with Gasteiger partial charge in [-0.1, -0.05) is 36.2 Å². The average Bonchev–Trinajstić information content (AvgIpc) is 3.28. The quantitative estimate of drug-likeness (QED) is 0.885. The van der Waals surface area contributed by atoms with Crippen molar-refractivity contribution < 1.29 is 0 Å². The molecular formula is C17H24Cl2N2. The minimum Gasteiger partial charge on any atom is -0.309 e. The smallest absolute Gasteiger partial charge is 0.0465 e. The maximum Gasteiger partial charge on any atom is 0.0465 e. The molecule has 1 N–H and O–H groups in total. The summed E-state index contributed by atoms with van der Waals surface area (Å²) in [5.74, 6) is 0.847. The molecule has 4 heteroatoms. The Bertz CT molecular complexity index is 495. The molecule has 0 amide bonds. The second kappa shape index (κ2) is 6.08. The van der Waals surface area contributed by atoms with Gasteiger partial charge in [0.2, 0.25) is 0 Å². The summed E-state index contributed by atoms with van der Waals surface area (Å²) in [7, 11) is 0. The Labute approximate surface area is 137 Å². The lowest BCUT2D eigenvalue weighted by Crippen LogP contribution is -2.62. The summed E-state index contributed by atoms with van der Waals surface area (Å²) in [5, 5.41) is 5.33. The predicted octanol–water partition coefficient (Wildman–Crippen LogP) is 4.35. The molecule has 1 saturated heterocycles. The maximum atomic E-state index is 6.37. The first-order valence-electron chi connectivity index (χ1n) is 7.94. The van der Waals surface area contributed by atoms with Crippen LogP contribution in [0.3, 0.4) is 0 Å². The molecule has 2 aliphatic rings. The standard InChI is InChI=1S/C17H24Cl2N2/c1-3-17(2)11-21(16(9-20-17)12-7-8-12)10-13-14(18)5-4-6-15(13)19/h4-6,12,16,20H,3,7-11H2,1-2H3. The Morgan fingerprint density at radius 3 is 2.52 bits per heavy atom. The van der Waals surface area contributed by atoms with E-state index < -0.39 is 0 Å². The van der Waals surface area contributed by atoms with E-state index in [2.05, 4.69) is 24.1 Å². The molecule has 0 bridgehead atoms. The van der Waals surface area contributed by atoms with Crippen molar-refractivity contribution in [2.24, 2.45) is 5.92 Å². The van der Waals surface area contributed by atoms with Crippen LogP contribution in [0.2, 0.25) is 10.0 Å². The molecule has 0 spiro atoms. The van der Waals surface area contributed by atoms with Gasteiger partial charge in [0.15, 0.2) is 0 Å². The monoisotopic (exact) mass is 326 g/mol. The van der Waals surface area contributed by atoms with E-state index in [0.717, 1.165) is 47.6 Å². The molecule has 3 rings (SSSR count). The lowest BCUT2D eigenvalue weighted by Gasteiger charge is -2.46. The molecule has 1 aliphatic carbocycles. The Kier molecular flexibility index (Phi) is 4.52. The van der Waals surface area contributed by atoms with Crippen LogP contribution in [-0.2, 0) is 6.54 Å². The van der Waals surface area contributed by atoms with Crippen LogP contribution in [0.4, 0.5) is 0 Å². The summed E-state index contributed by atoms with van der Waals surface area (Å²) >= 11 is 12.7. The molecule has 0 aromatic heterocycles. The minimum absolute atomic E-state index is 0.194. The zero-order valence-electron chi connectivity index (χ0n) is 12.8. The van der Waals surface area contributed by atoms with E-state index >= 15 is 0 Å². The van der Waals surface area contributed by atoms with Gasteiger partial charge < -0.3 is 5.32 Å². The van der Waals surface area contributed by atoms with Crippen molar-refractivity contribution in [2.45, 2.75) is 51.2 Å². The molecule has 1 aromatic rings. The second-order valence-electron chi connectivity index (χ2n) is 6.81. The Morgan fingerprint density at radius 1 is 1.29 bits per heavy atom. The van der Waals surface area contributed by atoms with Gasteiger partial charge in [0.05, 0.1) is 0 Å². The highest BCUT2D eigenvalue weighted by atomic mass is 35.5. The van der Waals surface area contributed by atoms with Crippen LogP contribution in [0.1, 0.15) is 38.7 Å². The fraction of sp³-hybridized carbons (Fsp3) is 0.647. The summed E-state index contributed by atoms with van der Waals surface area (Å²) in [6.45, 7) is 7.57. The summed E-state index contributed by atoms with van der Waals surface area (Å²) in [4.78, 5) is 2.60. The molecular weight excluding hydrogens is 303 g/mol. The largest absolute Gasteiger partial charge is 0.309 e. The van der Waals surface area contributed by atoms with Crippen molar-refractivity contribution in [3.63, 3.8) is 0 Å². The lowest BCUT2D eigenvalue weighted by molar-refractivity contribution is 0.0663. The zero-order valence-corrected chi connectivity index (χ0v) is 14.3. The van der Waals surface area contributed by atoms with Crippen LogP contribution in [0.25, 0.3) is 0 Å². The van der Waals surface area contributed by atoms with Crippen LogP contribution in [0.15, 0.2) is 18.2 Å². The Balaban J connectivity index is 1.82. The van der Waals surface area contributed by atoms with E-state index in [1.54, 1.807) is 0 Å². The molecule has 1 aromatic carbocycles. The van der Waals surface area contributed by atoms with Gasteiger partial charge in [0.1, 0.15) is 0 Å². The van der Waals surface area contributed by atoms with Gasteiger partial charge in [0.25, 0.3) is 0 Å². The highest BCUT2D eigenvalue weighted by Crippen LogP contribution is 2.39. The number of halogens is 2.